The molecule has 0 spiro atoms. The minimum atomic E-state index is -0.293. The highest BCUT2D eigenvalue weighted by Crippen LogP contribution is 2.44. The molecule has 6 rings (SSSR count). The highest BCUT2D eigenvalue weighted by atomic mass is 32.1. The molecule has 3 unspecified atom stereocenters. The molecule has 32 heavy (non-hydrogen) atoms. The molecular weight excluding hydrogens is 429 g/mol. The summed E-state index contributed by atoms with van der Waals surface area (Å²) in [5, 5.41) is 15.4. The number of piperidine rings is 1. The van der Waals surface area contributed by atoms with Crippen LogP contribution in [0.25, 0.3) is 4.96 Å². The molecular formula is C23H22FN5O2S. The fraction of sp³-hybridized carbons (Fsp3) is 0.348. The first kappa shape index (κ1) is 19.6. The van der Waals surface area contributed by atoms with E-state index in [1.54, 1.807) is 25.1 Å². The Morgan fingerprint density at radius 2 is 1.97 bits per heavy atom. The number of fused-ring (bicyclic) bond motifs is 5. The quantitative estimate of drug-likeness (QED) is 0.517. The number of hydrogen-bond acceptors (Lipinski definition) is 6. The van der Waals surface area contributed by atoms with E-state index in [0.717, 1.165) is 35.6 Å². The Labute approximate surface area is 187 Å². The van der Waals surface area contributed by atoms with Crippen LogP contribution in [0.2, 0.25) is 0 Å². The number of thiazole rings is 1. The summed E-state index contributed by atoms with van der Waals surface area (Å²) in [6.07, 6.45) is 1.04. The lowest BCUT2D eigenvalue weighted by molar-refractivity contribution is 0.0952. The summed E-state index contributed by atoms with van der Waals surface area (Å²) in [5.74, 6) is 0.943. The molecule has 2 bridgehead atoms. The molecule has 0 amide bonds. The molecule has 3 aromatic heterocycles. The maximum atomic E-state index is 13.7. The predicted molar refractivity (Wildman–Crippen MR) is 119 cm³/mol. The van der Waals surface area contributed by atoms with Gasteiger partial charge < -0.3 is 9.67 Å². The third-order valence-corrected chi connectivity index (χ3v) is 7.69. The summed E-state index contributed by atoms with van der Waals surface area (Å²) < 4.78 is 17.1. The summed E-state index contributed by atoms with van der Waals surface area (Å²) in [6.45, 7) is 4.01. The predicted octanol–water partition coefficient (Wildman–Crippen LogP) is 3.31. The van der Waals surface area contributed by atoms with Gasteiger partial charge in [-0.2, -0.15) is 4.52 Å². The molecule has 2 aliphatic rings. The summed E-state index contributed by atoms with van der Waals surface area (Å²) in [7, 11) is 0. The van der Waals surface area contributed by atoms with Crippen molar-refractivity contribution in [2.75, 3.05) is 13.1 Å². The van der Waals surface area contributed by atoms with Gasteiger partial charge in [0.05, 0.1) is 10.9 Å². The standard InChI is InChI=1S/C23H22FN5O2S/c1-13-25-23-29(26-13)22(31)21(32-23)20(15-5-7-17(24)8-6-15)27-10-14-9-16(12-27)18-3-2-4-19(30)28(18)11-14/h2-8,14,16,20,31H,9-12H2,1H3. The fourth-order valence-electron chi connectivity index (χ4n) is 5.34. The van der Waals surface area contributed by atoms with Crippen molar-refractivity contribution in [1.29, 1.82) is 0 Å². The van der Waals surface area contributed by atoms with E-state index in [2.05, 4.69) is 15.0 Å². The van der Waals surface area contributed by atoms with Crippen LogP contribution in [0.1, 0.15) is 40.3 Å². The van der Waals surface area contributed by atoms with E-state index in [-0.39, 0.29) is 29.2 Å². The molecule has 0 saturated carbocycles. The highest BCUT2D eigenvalue weighted by molar-refractivity contribution is 7.17. The molecule has 0 radical (unpaired) electrons. The van der Waals surface area contributed by atoms with Crippen molar-refractivity contribution < 1.29 is 9.50 Å². The zero-order chi connectivity index (χ0) is 22.0. The van der Waals surface area contributed by atoms with Gasteiger partial charge >= 0.3 is 0 Å². The molecule has 1 fully saturated rings. The second kappa shape index (κ2) is 7.25. The van der Waals surface area contributed by atoms with Crippen LogP contribution < -0.4 is 5.56 Å². The van der Waals surface area contributed by atoms with E-state index < -0.39 is 0 Å². The maximum Gasteiger partial charge on any atom is 0.250 e. The van der Waals surface area contributed by atoms with Gasteiger partial charge in [-0.25, -0.2) is 9.37 Å². The second-order valence-corrected chi connectivity index (χ2v) is 9.76. The Kier molecular flexibility index (Phi) is 4.44. The first-order chi connectivity index (χ1) is 15.5. The lowest BCUT2D eigenvalue weighted by Crippen LogP contribution is -2.48. The smallest absolute Gasteiger partial charge is 0.250 e. The average Bonchev–Trinajstić information content (AvgIpc) is 3.28. The number of aromatic hydroxyl groups is 1. The lowest BCUT2D eigenvalue weighted by Gasteiger charge is -2.45. The van der Waals surface area contributed by atoms with Crippen LogP contribution in [0.5, 0.6) is 5.88 Å². The molecule has 3 atom stereocenters. The Morgan fingerprint density at radius 1 is 1.16 bits per heavy atom. The lowest BCUT2D eigenvalue weighted by atomic mass is 9.82. The average molecular weight is 452 g/mol. The van der Waals surface area contributed by atoms with Crippen molar-refractivity contribution in [3.05, 3.63) is 80.6 Å². The van der Waals surface area contributed by atoms with Gasteiger partial charge in [-0.3, -0.25) is 9.69 Å². The van der Waals surface area contributed by atoms with Crippen molar-refractivity contribution in [3.8, 4) is 5.88 Å². The van der Waals surface area contributed by atoms with Gasteiger partial charge in [0.1, 0.15) is 11.6 Å². The van der Waals surface area contributed by atoms with Crippen LogP contribution in [-0.2, 0) is 6.54 Å². The number of benzene rings is 1. The van der Waals surface area contributed by atoms with Gasteiger partial charge in [0.15, 0.2) is 0 Å². The Hall–Kier alpha value is -3.04. The monoisotopic (exact) mass is 451 g/mol. The van der Waals surface area contributed by atoms with Crippen molar-refractivity contribution in [1.82, 2.24) is 24.1 Å². The van der Waals surface area contributed by atoms with Crippen molar-refractivity contribution >= 4 is 16.3 Å². The van der Waals surface area contributed by atoms with Crippen LogP contribution in [0.3, 0.4) is 0 Å². The van der Waals surface area contributed by atoms with Crippen molar-refractivity contribution in [2.24, 2.45) is 5.92 Å². The van der Waals surface area contributed by atoms with Crippen LogP contribution in [0.15, 0.2) is 47.3 Å². The van der Waals surface area contributed by atoms with E-state index in [9.17, 15) is 14.3 Å². The van der Waals surface area contributed by atoms with Crippen molar-refractivity contribution in [2.45, 2.75) is 31.8 Å². The number of pyridine rings is 1. The molecule has 1 saturated heterocycles. The van der Waals surface area contributed by atoms with Crippen LogP contribution in [0, 0.1) is 18.7 Å². The number of rotatable bonds is 3. The molecule has 5 heterocycles. The number of aryl methyl sites for hydroxylation is 1. The van der Waals surface area contributed by atoms with Crippen LogP contribution >= 0.6 is 11.3 Å². The van der Waals surface area contributed by atoms with Crippen molar-refractivity contribution in [3.63, 3.8) is 0 Å². The minimum absolute atomic E-state index is 0.0549. The second-order valence-electron chi connectivity index (χ2n) is 8.75. The van der Waals surface area contributed by atoms with Crippen LogP contribution in [0.4, 0.5) is 4.39 Å². The zero-order valence-corrected chi connectivity index (χ0v) is 18.3. The fourth-order valence-corrected chi connectivity index (χ4v) is 6.51. The third-order valence-electron chi connectivity index (χ3n) is 6.61. The zero-order valence-electron chi connectivity index (χ0n) is 17.5. The Morgan fingerprint density at radius 3 is 2.75 bits per heavy atom. The maximum absolute atomic E-state index is 13.7. The molecule has 164 valence electrons. The highest BCUT2D eigenvalue weighted by Gasteiger charge is 2.39. The van der Waals surface area contributed by atoms with E-state index >= 15 is 0 Å². The van der Waals surface area contributed by atoms with E-state index in [0.29, 0.717) is 23.2 Å². The number of halogens is 1. The first-order valence-corrected chi connectivity index (χ1v) is 11.5. The molecule has 9 heteroatoms. The molecule has 1 aromatic carbocycles. The molecule has 2 aliphatic heterocycles. The Bertz CT molecular complexity index is 1380. The molecule has 7 nitrogen and oxygen atoms in total. The third kappa shape index (κ3) is 3.07. The molecule has 1 N–H and O–H groups in total. The number of likely N-dealkylation sites (tertiary alicyclic amines) is 1. The number of aromatic nitrogens is 4. The van der Waals surface area contributed by atoms with Gasteiger partial charge in [-0.15, -0.1) is 5.10 Å². The van der Waals surface area contributed by atoms with Gasteiger partial charge in [-0.1, -0.05) is 29.5 Å². The van der Waals surface area contributed by atoms with Crippen LogP contribution in [-0.4, -0.2) is 42.3 Å². The van der Waals surface area contributed by atoms with Gasteiger partial charge in [-0.05, 0) is 43.0 Å². The van der Waals surface area contributed by atoms with Gasteiger partial charge in [0.2, 0.25) is 10.8 Å². The van der Waals surface area contributed by atoms with Gasteiger partial charge in [0.25, 0.3) is 5.56 Å². The Balaban J connectivity index is 1.45. The topological polar surface area (TPSA) is 75.7 Å². The molecule has 0 aliphatic carbocycles. The first-order valence-electron chi connectivity index (χ1n) is 10.7. The largest absolute Gasteiger partial charge is 0.492 e. The van der Waals surface area contributed by atoms with E-state index in [4.69, 9.17) is 0 Å². The SMILES string of the molecule is Cc1nc2sc(C(c3ccc(F)cc3)N3CC4CC(C3)c3cccc(=O)n3C4)c(O)n2n1. The van der Waals surface area contributed by atoms with E-state index in [1.807, 2.05) is 16.7 Å². The summed E-state index contributed by atoms with van der Waals surface area (Å²) >= 11 is 1.41. The summed E-state index contributed by atoms with van der Waals surface area (Å²) in [6, 6.07) is 11.7. The summed E-state index contributed by atoms with van der Waals surface area (Å²) in [4.78, 5) is 20.5. The van der Waals surface area contributed by atoms with Gasteiger partial charge in [0, 0.05) is 37.3 Å². The molecule has 4 aromatic rings. The normalized spacial score (nSPS) is 21.6. The van der Waals surface area contributed by atoms with E-state index in [1.165, 1.54) is 28.0 Å². The number of nitrogens with zero attached hydrogens (tertiary/aromatic N) is 5. The number of hydrogen-bond donors (Lipinski definition) is 1. The summed E-state index contributed by atoms with van der Waals surface area (Å²) in [5.41, 5.74) is 2.03. The minimum Gasteiger partial charge on any atom is -0.492 e.